The van der Waals surface area contributed by atoms with Gasteiger partial charge in [0.2, 0.25) is 5.91 Å². The lowest BCUT2D eigenvalue weighted by Gasteiger charge is -2.23. The standard InChI is InChI=1S/C17H22N4OS/c1-5-9-20(17(22)13(2)12-23-4)16-11-21(19-14(16)3)15-7-6-8-18-10-15/h5-8,10-11,13H,1,9,12H2,2-4H3. The van der Waals surface area contributed by atoms with Crippen LogP contribution in [0.3, 0.4) is 0 Å². The minimum atomic E-state index is -0.0499. The number of thioether (sulfide) groups is 1. The van der Waals surface area contributed by atoms with Crippen LogP contribution in [0.5, 0.6) is 0 Å². The van der Waals surface area contributed by atoms with Crippen molar-refractivity contribution in [3.05, 3.63) is 49.1 Å². The van der Waals surface area contributed by atoms with Gasteiger partial charge in [-0.25, -0.2) is 4.68 Å². The minimum Gasteiger partial charge on any atom is -0.305 e. The highest BCUT2D eigenvalue weighted by atomic mass is 32.2. The van der Waals surface area contributed by atoms with Crippen LogP contribution in [-0.4, -0.2) is 39.2 Å². The topological polar surface area (TPSA) is 51.0 Å². The van der Waals surface area contributed by atoms with Crippen molar-refractivity contribution in [2.75, 3.05) is 23.5 Å². The van der Waals surface area contributed by atoms with Gasteiger partial charge in [0.1, 0.15) is 0 Å². The zero-order chi connectivity index (χ0) is 16.8. The van der Waals surface area contributed by atoms with E-state index in [-0.39, 0.29) is 11.8 Å². The average Bonchev–Trinajstić information content (AvgIpc) is 2.94. The Morgan fingerprint density at radius 2 is 2.35 bits per heavy atom. The van der Waals surface area contributed by atoms with E-state index >= 15 is 0 Å². The van der Waals surface area contributed by atoms with Crippen LogP contribution >= 0.6 is 11.8 Å². The zero-order valence-corrected chi connectivity index (χ0v) is 14.6. The van der Waals surface area contributed by atoms with Gasteiger partial charge in [0.15, 0.2) is 0 Å². The van der Waals surface area contributed by atoms with Crippen LogP contribution in [-0.2, 0) is 4.79 Å². The molecule has 0 spiro atoms. The summed E-state index contributed by atoms with van der Waals surface area (Å²) in [6.07, 6.45) is 9.09. The highest BCUT2D eigenvalue weighted by molar-refractivity contribution is 7.98. The average molecular weight is 330 g/mol. The van der Waals surface area contributed by atoms with Gasteiger partial charge in [0.25, 0.3) is 0 Å². The number of carbonyl (C=O) groups excluding carboxylic acids is 1. The molecular weight excluding hydrogens is 308 g/mol. The van der Waals surface area contributed by atoms with E-state index < -0.39 is 0 Å². The quantitative estimate of drug-likeness (QED) is 0.732. The highest BCUT2D eigenvalue weighted by Crippen LogP contribution is 2.23. The van der Waals surface area contributed by atoms with Crippen molar-refractivity contribution >= 4 is 23.4 Å². The second kappa shape index (κ2) is 7.97. The van der Waals surface area contributed by atoms with Gasteiger partial charge in [-0.15, -0.1) is 6.58 Å². The molecule has 2 heterocycles. The first-order valence-corrected chi connectivity index (χ1v) is 8.85. The van der Waals surface area contributed by atoms with E-state index in [1.165, 1.54) is 0 Å². The Hall–Kier alpha value is -2.08. The second-order valence-electron chi connectivity index (χ2n) is 5.35. The molecule has 0 saturated heterocycles. The molecule has 0 aliphatic rings. The Labute approximate surface area is 141 Å². The normalized spacial score (nSPS) is 12.0. The molecule has 0 aliphatic carbocycles. The zero-order valence-electron chi connectivity index (χ0n) is 13.8. The van der Waals surface area contributed by atoms with E-state index in [2.05, 4.69) is 16.7 Å². The summed E-state index contributed by atoms with van der Waals surface area (Å²) in [6.45, 7) is 8.10. The third-order valence-corrected chi connectivity index (χ3v) is 4.32. The number of hydrogen-bond acceptors (Lipinski definition) is 4. The van der Waals surface area contributed by atoms with Crippen molar-refractivity contribution in [2.24, 2.45) is 5.92 Å². The predicted octanol–water partition coefficient (Wildman–Crippen LogP) is 3.09. The summed E-state index contributed by atoms with van der Waals surface area (Å²) in [7, 11) is 0. The lowest BCUT2D eigenvalue weighted by atomic mass is 10.1. The molecule has 0 aromatic carbocycles. The van der Waals surface area contributed by atoms with E-state index in [0.717, 1.165) is 22.8 Å². The van der Waals surface area contributed by atoms with E-state index in [1.807, 2.05) is 38.4 Å². The molecule has 0 bridgehead atoms. The molecule has 1 amide bonds. The molecule has 0 fully saturated rings. The number of aryl methyl sites for hydroxylation is 1. The van der Waals surface area contributed by atoms with Gasteiger partial charge in [-0.2, -0.15) is 16.9 Å². The van der Waals surface area contributed by atoms with Crippen LogP contribution < -0.4 is 4.90 Å². The molecule has 2 aromatic rings. The van der Waals surface area contributed by atoms with Crippen molar-refractivity contribution < 1.29 is 4.79 Å². The van der Waals surface area contributed by atoms with Crippen molar-refractivity contribution in [2.45, 2.75) is 13.8 Å². The molecule has 0 aliphatic heterocycles. The Morgan fingerprint density at radius 3 is 2.96 bits per heavy atom. The van der Waals surface area contributed by atoms with Crippen molar-refractivity contribution in [3.8, 4) is 5.69 Å². The van der Waals surface area contributed by atoms with Gasteiger partial charge in [-0.3, -0.25) is 9.78 Å². The van der Waals surface area contributed by atoms with E-state index in [9.17, 15) is 4.79 Å². The molecule has 6 heteroatoms. The second-order valence-corrected chi connectivity index (χ2v) is 6.26. The first kappa shape index (κ1) is 17.3. The first-order chi connectivity index (χ1) is 11.1. The highest BCUT2D eigenvalue weighted by Gasteiger charge is 2.23. The van der Waals surface area contributed by atoms with Crippen LogP contribution in [0.2, 0.25) is 0 Å². The summed E-state index contributed by atoms with van der Waals surface area (Å²) in [4.78, 5) is 18.6. The fourth-order valence-electron chi connectivity index (χ4n) is 2.36. The van der Waals surface area contributed by atoms with E-state index in [4.69, 9.17) is 0 Å². The fraction of sp³-hybridized carbons (Fsp3) is 0.353. The molecular formula is C17H22N4OS. The molecule has 0 saturated carbocycles. The third kappa shape index (κ3) is 4.01. The molecule has 23 heavy (non-hydrogen) atoms. The Morgan fingerprint density at radius 1 is 1.57 bits per heavy atom. The largest absolute Gasteiger partial charge is 0.305 e. The van der Waals surface area contributed by atoms with Crippen molar-refractivity contribution in [1.29, 1.82) is 0 Å². The number of nitrogens with zero attached hydrogens (tertiary/aromatic N) is 4. The molecule has 2 rings (SSSR count). The monoisotopic (exact) mass is 330 g/mol. The maximum atomic E-state index is 12.7. The summed E-state index contributed by atoms with van der Waals surface area (Å²) < 4.78 is 1.75. The van der Waals surface area contributed by atoms with Crippen LogP contribution in [0.25, 0.3) is 5.69 Å². The first-order valence-electron chi connectivity index (χ1n) is 7.46. The van der Waals surface area contributed by atoms with Crippen LogP contribution in [0.15, 0.2) is 43.4 Å². The summed E-state index contributed by atoms with van der Waals surface area (Å²) >= 11 is 1.67. The van der Waals surface area contributed by atoms with Gasteiger partial charge in [0.05, 0.1) is 29.5 Å². The maximum Gasteiger partial charge on any atom is 0.231 e. The van der Waals surface area contributed by atoms with Gasteiger partial charge in [-0.1, -0.05) is 13.0 Å². The van der Waals surface area contributed by atoms with E-state index in [1.54, 1.807) is 39.8 Å². The third-order valence-electron chi connectivity index (χ3n) is 3.49. The molecule has 1 unspecified atom stereocenters. The number of aromatic nitrogens is 3. The molecule has 1 atom stereocenters. The minimum absolute atomic E-state index is 0.0499. The molecule has 122 valence electrons. The van der Waals surface area contributed by atoms with E-state index in [0.29, 0.717) is 6.54 Å². The summed E-state index contributed by atoms with van der Waals surface area (Å²) in [5.74, 6) is 0.835. The number of pyridine rings is 1. The lowest BCUT2D eigenvalue weighted by Crippen LogP contribution is -2.36. The van der Waals surface area contributed by atoms with Crippen molar-refractivity contribution in [3.63, 3.8) is 0 Å². The number of rotatable bonds is 7. The Kier molecular flexibility index (Phi) is 5.98. The molecule has 0 radical (unpaired) electrons. The number of amides is 1. The van der Waals surface area contributed by atoms with Crippen molar-refractivity contribution in [1.82, 2.24) is 14.8 Å². The molecule has 5 nitrogen and oxygen atoms in total. The summed E-state index contributed by atoms with van der Waals surface area (Å²) in [6, 6.07) is 3.79. The van der Waals surface area contributed by atoms with Gasteiger partial charge >= 0.3 is 0 Å². The summed E-state index contributed by atoms with van der Waals surface area (Å²) in [5, 5.41) is 4.52. The molecule has 2 aromatic heterocycles. The van der Waals surface area contributed by atoms with Crippen LogP contribution in [0.1, 0.15) is 12.6 Å². The van der Waals surface area contributed by atoms with Gasteiger partial charge < -0.3 is 4.90 Å². The number of carbonyl (C=O) groups is 1. The maximum absolute atomic E-state index is 12.7. The van der Waals surface area contributed by atoms with Crippen LogP contribution in [0, 0.1) is 12.8 Å². The molecule has 0 N–H and O–H groups in total. The number of hydrogen-bond donors (Lipinski definition) is 0. The van der Waals surface area contributed by atoms with Gasteiger partial charge in [0, 0.05) is 24.4 Å². The Balaban J connectivity index is 2.34. The number of anilines is 1. The van der Waals surface area contributed by atoms with Gasteiger partial charge in [-0.05, 0) is 25.3 Å². The Bertz CT molecular complexity index is 668. The van der Waals surface area contributed by atoms with Crippen LogP contribution in [0.4, 0.5) is 5.69 Å². The lowest BCUT2D eigenvalue weighted by molar-refractivity contribution is -0.121. The smallest absolute Gasteiger partial charge is 0.231 e. The SMILES string of the molecule is C=CCN(C(=O)C(C)CSC)c1cn(-c2cccnc2)nc1C. The fourth-order valence-corrected chi connectivity index (χ4v) is 3.00. The predicted molar refractivity (Wildman–Crippen MR) is 96.2 cm³/mol. The summed E-state index contributed by atoms with van der Waals surface area (Å²) in [5.41, 5.74) is 2.48.